The maximum atomic E-state index is 13.3. The molecule has 0 bridgehead atoms. The maximum Gasteiger partial charge on any atom is 0.249 e. The summed E-state index contributed by atoms with van der Waals surface area (Å²) in [5, 5.41) is 6.62. The Balaban J connectivity index is 0.00000264. The number of carbonyl (C=O) groups is 1. The molecular formula is C15H20ClFN4O2. The fourth-order valence-electron chi connectivity index (χ4n) is 1.84. The molecule has 8 heteroatoms. The minimum Gasteiger partial charge on any atom is -0.344 e. The fourth-order valence-corrected chi connectivity index (χ4v) is 1.84. The molecule has 1 aromatic carbocycles. The SMILES string of the molecule is Cc1cc(-c2noc(C(C)NC(=O)C(C)CN)n2)ccc1F.Cl. The van der Waals surface area contributed by atoms with E-state index >= 15 is 0 Å². The van der Waals surface area contributed by atoms with Crippen LogP contribution >= 0.6 is 12.4 Å². The van der Waals surface area contributed by atoms with E-state index in [-0.39, 0.29) is 42.5 Å². The van der Waals surface area contributed by atoms with Crippen LogP contribution in [0.4, 0.5) is 4.39 Å². The normalized spacial score (nSPS) is 13.1. The Labute approximate surface area is 140 Å². The van der Waals surface area contributed by atoms with Crippen molar-refractivity contribution in [2.24, 2.45) is 11.7 Å². The highest BCUT2D eigenvalue weighted by Crippen LogP contribution is 2.21. The molecule has 2 rings (SSSR count). The minimum absolute atomic E-state index is 0. The molecule has 0 saturated heterocycles. The highest BCUT2D eigenvalue weighted by molar-refractivity contribution is 5.85. The van der Waals surface area contributed by atoms with Crippen LogP contribution < -0.4 is 11.1 Å². The summed E-state index contributed by atoms with van der Waals surface area (Å²) in [6.07, 6.45) is 0. The predicted octanol–water partition coefficient (Wildman–Crippen LogP) is 2.38. The lowest BCUT2D eigenvalue weighted by Crippen LogP contribution is -2.35. The molecule has 0 aliphatic carbocycles. The molecule has 1 amide bonds. The van der Waals surface area contributed by atoms with Gasteiger partial charge in [-0.05, 0) is 37.6 Å². The van der Waals surface area contributed by atoms with E-state index in [1.54, 1.807) is 32.9 Å². The van der Waals surface area contributed by atoms with Gasteiger partial charge in [-0.25, -0.2) is 4.39 Å². The molecule has 0 radical (unpaired) electrons. The number of nitrogens with one attached hydrogen (secondary N) is 1. The number of aromatic nitrogens is 2. The molecule has 1 aromatic heterocycles. The summed E-state index contributed by atoms with van der Waals surface area (Å²) < 4.78 is 18.4. The van der Waals surface area contributed by atoms with Crippen molar-refractivity contribution < 1.29 is 13.7 Å². The van der Waals surface area contributed by atoms with Gasteiger partial charge in [-0.1, -0.05) is 12.1 Å². The van der Waals surface area contributed by atoms with Crippen LogP contribution in [0.15, 0.2) is 22.7 Å². The number of hydrogen-bond acceptors (Lipinski definition) is 5. The summed E-state index contributed by atoms with van der Waals surface area (Å²) in [4.78, 5) is 16.0. The van der Waals surface area contributed by atoms with Crippen molar-refractivity contribution in [1.29, 1.82) is 0 Å². The van der Waals surface area contributed by atoms with Crippen LogP contribution in [0.2, 0.25) is 0 Å². The maximum absolute atomic E-state index is 13.3. The van der Waals surface area contributed by atoms with Gasteiger partial charge in [0.25, 0.3) is 0 Å². The summed E-state index contributed by atoms with van der Waals surface area (Å²) in [6.45, 7) is 5.41. The first-order valence-corrected chi connectivity index (χ1v) is 7.03. The van der Waals surface area contributed by atoms with E-state index in [2.05, 4.69) is 15.5 Å². The molecule has 0 aliphatic rings. The van der Waals surface area contributed by atoms with Crippen LogP contribution in [-0.2, 0) is 4.79 Å². The van der Waals surface area contributed by atoms with Gasteiger partial charge >= 0.3 is 0 Å². The Hall–Kier alpha value is -1.99. The third-order valence-electron chi connectivity index (χ3n) is 3.39. The predicted molar refractivity (Wildman–Crippen MR) is 86.5 cm³/mol. The zero-order valence-corrected chi connectivity index (χ0v) is 14.0. The number of nitrogens with two attached hydrogens (primary N) is 1. The molecule has 126 valence electrons. The van der Waals surface area contributed by atoms with Crippen LogP contribution in [0.1, 0.15) is 31.3 Å². The van der Waals surface area contributed by atoms with Gasteiger partial charge in [0.2, 0.25) is 17.6 Å². The van der Waals surface area contributed by atoms with E-state index in [1.807, 2.05) is 0 Å². The highest BCUT2D eigenvalue weighted by Gasteiger charge is 2.20. The lowest BCUT2D eigenvalue weighted by molar-refractivity contribution is -0.125. The molecule has 6 nitrogen and oxygen atoms in total. The molecule has 2 atom stereocenters. The Morgan fingerprint density at radius 1 is 1.43 bits per heavy atom. The number of carbonyl (C=O) groups excluding carboxylic acids is 1. The lowest BCUT2D eigenvalue weighted by Gasteiger charge is -2.13. The number of hydrogen-bond donors (Lipinski definition) is 2. The summed E-state index contributed by atoms with van der Waals surface area (Å²) in [5.41, 5.74) is 6.61. The first-order chi connectivity index (χ1) is 10.4. The Kier molecular flexibility index (Phi) is 6.65. The molecule has 0 aliphatic heterocycles. The van der Waals surface area contributed by atoms with Crippen molar-refractivity contribution in [1.82, 2.24) is 15.5 Å². The van der Waals surface area contributed by atoms with Crippen molar-refractivity contribution in [3.05, 3.63) is 35.5 Å². The molecule has 0 fully saturated rings. The topological polar surface area (TPSA) is 94.0 Å². The minimum atomic E-state index is -0.427. The van der Waals surface area contributed by atoms with E-state index in [9.17, 15) is 9.18 Å². The molecule has 2 unspecified atom stereocenters. The zero-order valence-electron chi connectivity index (χ0n) is 13.2. The highest BCUT2D eigenvalue weighted by atomic mass is 35.5. The second kappa shape index (κ2) is 8.03. The Morgan fingerprint density at radius 3 is 2.74 bits per heavy atom. The van der Waals surface area contributed by atoms with Crippen molar-refractivity contribution in [2.45, 2.75) is 26.8 Å². The Bertz CT molecular complexity index is 677. The van der Waals surface area contributed by atoms with Gasteiger partial charge in [-0.15, -0.1) is 12.4 Å². The van der Waals surface area contributed by atoms with E-state index in [0.29, 0.717) is 17.0 Å². The average molecular weight is 343 g/mol. The molecule has 1 heterocycles. The summed E-state index contributed by atoms with van der Waals surface area (Å²) in [7, 11) is 0. The second-order valence-electron chi connectivity index (χ2n) is 5.29. The first-order valence-electron chi connectivity index (χ1n) is 7.03. The monoisotopic (exact) mass is 342 g/mol. The van der Waals surface area contributed by atoms with Crippen molar-refractivity contribution in [3.63, 3.8) is 0 Å². The lowest BCUT2D eigenvalue weighted by atomic mass is 10.1. The van der Waals surface area contributed by atoms with Gasteiger partial charge < -0.3 is 15.6 Å². The van der Waals surface area contributed by atoms with Crippen LogP contribution in [-0.4, -0.2) is 22.6 Å². The summed E-state index contributed by atoms with van der Waals surface area (Å²) >= 11 is 0. The van der Waals surface area contributed by atoms with Crippen LogP contribution in [0.3, 0.4) is 0 Å². The summed E-state index contributed by atoms with van der Waals surface area (Å²) in [6, 6.07) is 4.15. The smallest absolute Gasteiger partial charge is 0.249 e. The van der Waals surface area contributed by atoms with E-state index < -0.39 is 6.04 Å². The zero-order chi connectivity index (χ0) is 16.3. The van der Waals surface area contributed by atoms with Gasteiger partial charge in [0, 0.05) is 18.0 Å². The fraction of sp³-hybridized carbons (Fsp3) is 0.400. The standard InChI is InChI=1S/C15H19FN4O2.ClH/c1-8-6-11(4-5-12(8)16)13-19-15(22-20-13)10(3)18-14(21)9(2)7-17;/h4-6,9-10H,7,17H2,1-3H3,(H,18,21);1H. The van der Waals surface area contributed by atoms with Gasteiger partial charge in [0.1, 0.15) is 11.9 Å². The molecule has 3 N–H and O–H groups in total. The van der Waals surface area contributed by atoms with Crippen molar-refractivity contribution in [3.8, 4) is 11.4 Å². The Morgan fingerprint density at radius 2 is 2.13 bits per heavy atom. The second-order valence-corrected chi connectivity index (χ2v) is 5.29. The number of amides is 1. The molecule has 0 spiro atoms. The van der Waals surface area contributed by atoms with Crippen molar-refractivity contribution in [2.75, 3.05) is 6.54 Å². The first kappa shape index (κ1) is 19.1. The number of aryl methyl sites for hydroxylation is 1. The van der Waals surface area contributed by atoms with E-state index in [1.165, 1.54) is 6.07 Å². The average Bonchev–Trinajstić information content (AvgIpc) is 2.99. The number of halogens is 2. The summed E-state index contributed by atoms with van der Waals surface area (Å²) in [5.74, 6) is -0.110. The number of nitrogens with zero attached hydrogens (tertiary/aromatic N) is 2. The quantitative estimate of drug-likeness (QED) is 0.870. The molecule has 0 saturated carbocycles. The van der Waals surface area contributed by atoms with Crippen LogP contribution in [0, 0.1) is 18.7 Å². The number of benzene rings is 1. The van der Waals surface area contributed by atoms with Gasteiger partial charge in [0.05, 0.1) is 0 Å². The third kappa shape index (κ3) is 4.49. The van der Waals surface area contributed by atoms with Crippen LogP contribution in [0.5, 0.6) is 0 Å². The number of rotatable bonds is 5. The van der Waals surface area contributed by atoms with Gasteiger partial charge in [-0.3, -0.25) is 4.79 Å². The van der Waals surface area contributed by atoms with Gasteiger partial charge in [-0.2, -0.15) is 4.98 Å². The van der Waals surface area contributed by atoms with E-state index in [4.69, 9.17) is 10.3 Å². The van der Waals surface area contributed by atoms with Crippen LogP contribution in [0.25, 0.3) is 11.4 Å². The molecular weight excluding hydrogens is 323 g/mol. The van der Waals surface area contributed by atoms with E-state index in [0.717, 1.165) is 0 Å². The molecule has 2 aromatic rings. The third-order valence-corrected chi connectivity index (χ3v) is 3.39. The molecule has 23 heavy (non-hydrogen) atoms. The van der Waals surface area contributed by atoms with Crippen molar-refractivity contribution >= 4 is 18.3 Å². The van der Waals surface area contributed by atoms with Gasteiger partial charge in [0.15, 0.2) is 0 Å². The largest absolute Gasteiger partial charge is 0.344 e.